The molecule has 1 atom stereocenters. The summed E-state index contributed by atoms with van der Waals surface area (Å²) in [5, 5.41) is 6.47. The quantitative estimate of drug-likeness (QED) is 0.895. The number of amides is 1. The van der Waals surface area contributed by atoms with Crippen LogP contribution in [0.15, 0.2) is 24.4 Å². The normalized spacial score (nSPS) is 16.2. The van der Waals surface area contributed by atoms with E-state index >= 15 is 0 Å². The molecule has 1 aliphatic heterocycles. The molecule has 0 saturated heterocycles. The van der Waals surface area contributed by atoms with Gasteiger partial charge in [0.05, 0.1) is 23.4 Å². The van der Waals surface area contributed by atoms with Gasteiger partial charge in [0.25, 0.3) is 12.3 Å². The lowest BCUT2D eigenvalue weighted by Gasteiger charge is -2.14. The second kappa shape index (κ2) is 6.78. The minimum absolute atomic E-state index is 0.0478. The van der Waals surface area contributed by atoms with E-state index in [1.807, 2.05) is 13.8 Å². The Morgan fingerprint density at radius 2 is 2.20 bits per heavy atom. The Kier molecular flexibility index (Phi) is 4.69. The minimum Gasteiger partial charge on any atom is -0.491 e. The average Bonchev–Trinajstić information content (AvgIpc) is 3.12. The number of rotatable bonds is 5. The van der Waals surface area contributed by atoms with Crippen LogP contribution in [0.1, 0.15) is 47.9 Å². The van der Waals surface area contributed by atoms with E-state index < -0.39 is 29.9 Å². The van der Waals surface area contributed by atoms with Crippen LogP contribution < -0.4 is 10.1 Å². The van der Waals surface area contributed by atoms with Crippen LogP contribution in [0.4, 0.5) is 13.2 Å². The van der Waals surface area contributed by atoms with Gasteiger partial charge in [-0.2, -0.15) is 5.10 Å². The molecule has 8 heteroatoms. The summed E-state index contributed by atoms with van der Waals surface area (Å²) in [6.45, 7) is 4.06. The number of nitrogens with zero attached hydrogens (tertiary/aromatic N) is 2. The molecule has 0 spiro atoms. The van der Waals surface area contributed by atoms with Crippen LogP contribution in [0, 0.1) is 11.7 Å². The van der Waals surface area contributed by atoms with E-state index in [1.165, 1.54) is 12.1 Å². The van der Waals surface area contributed by atoms with Crippen molar-refractivity contribution in [3.8, 4) is 5.75 Å². The molecule has 0 bridgehead atoms. The lowest BCUT2D eigenvalue weighted by atomic mass is 10.1. The Hall–Kier alpha value is -2.51. The zero-order valence-corrected chi connectivity index (χ0v) is 13.8. The molecule has 0 saturated carbocycles. The van der Waals surface area contributed by atoms with Crippen molar-refractivity contribution in [2.45, 2.75) is 32.9 Å². The van der Waals surface area contributed by atoms with Crippen LogP contribution in [0.25, 0.3) is 0 Å². The molecular weight excluding hydrogens is 335 g/mol. The van der Waals surface area contributed by atoms with Crippen LogP contribution in [0.5, 0.6) is 5.75 Å². The van der Waals surface area contributed by atoms with Crippen molar-refractivity contribution in [3.05, 3.63) is 47.0 Å². The first-order valence-corrected chi connectivity index (χ1v) is 7.94. The smallest absolute Gasteiger partial charge is 0.280 e. The molecule has 1 aromatic heterocycles. The number of alkyl halides is 2. The van der Waals surface area contributed by atoms with Crippen molar-refractivity contribution < 1.29 is 22.7 Å². The fourth-order valence-electron chi connectivity index (χ4n) is 2.88. The highest BCUT2D eigenvalue weighted by molar-refractivity contribution is 5.95. The minimum atomic E-state index is -2.84. The third-order valence-electron chi connectivity index (χ3n) is 3.94. The maximum Gasteiger partial charge on any atom is 0.280 e. The summed E-state index contributed by atoms with van der Waals surface area (Å²) in [6, 6.07) is 3.62. The summed E-state index contributed by atoms with van der Waals surface area (Å²) >= 11 is 0. The van der Waals surface area contributed by atoms with Gasteiger partial charge in [-0.3, -0.25) is 9.48 Å². The molecule has 0 radical (unpaired) electrons. The summed E-state index contributed by atoms with van der Waals surface area (Å²) in [5.74, 6) is -0.799. The summed E-state index contributed by atoms with van der Waals surface area (Å²) in [7, 11) is 0. The Morgan fingerprint density at radius 1 is 1.44 bits per heavy atom. The summed E-state index contributed by atoms with van der Waals surface area (Å²) in [6.07, 6.45) is -1.72. The molecule has 0 unspecified atom stereocenters. The number of aromatic nitrogens is 2. The van der Waals surface area contributed by atoms with Crippen molar-refractivity contribution in [1.29, 1.82) is 0 Å². The third-order valence-corrected chi connectivity index (χ3v) is 3.94. The fourth-order valence-corrected chi connectivity index (χ4v) is 2.88. The molecule has 0 aliphatic carbocycles. The van der Waals surface area contributed by atoms with Gasteiger partial charge >= 0.3 is 0 Å². The van der Waals surface area contributed by atoms with Gasteiger partial charge in [-0.25, -0.2) is 13.2 Å². The number of fused-ring (bicyclic) bond motifs is 1. The molecular formula is C17H18F3N3O2. The summed E-state index contributed by atoms with van der Waals surface area (Å²) < 4.78 is 47.3. The van der Waals surface area contributed by atoms with Gasteiger partial charge in [0.15, 0.2) is 0 Å². The second-order valence-corrected chi connectivity index (χ2v) is 6.31. The number of nitrogens with one attached hydrogen (secondary N) is 1. The Balaban J connectivity index is 1.85. The van der Waals surface area contributed by atoms with E-state index in [0.29, 0.717) is 5.75 Å². The molecule has 5 nitrogen and oxygen atoms in total. The number of halogens is 3. The van der Waals surface area contributed by atoms with E-state index in [1.54, 1.807) is 6.07 Å². The zero-order valence-electron chi connectivity index (χ0n) is 13.8. The lowest BCUT2D eigenvalue weighted by Crippen LogP contribution is -2.30. The number of carbonyl (C=O) groups excluding carboxylic acids is 1. The van der Waals surface area contributed by atoms with Gasteiger partial charge < -0.3 is 10.1 Å². The maximum atomic E-state index is 14.0. The number of hydrogen-bond acceptors (Lipinski definition) is 3. The van der Waals surface area contributed by atoms with E-state index in [4.69, 9.17) is 4.74 Å². The molecule has 0 fully saturated rings. The van der Waals surface area contributed by atoms with Crippen molar-refractivity contribution in [3.63, 3.8) is 0 Å². The van der Waals surface area contributed by atoms with Crippen LogP contribution >= 0.6 is 0 Å². The largest absolute Gasteiger partial charge is 0.491 e. The summed E-state index contributed by atoms with van der Waals surface area (Å²) in [5.41, 5.74) is -0.414. The Bertz CT molecular complexity index is 789. The van der Waals surface area contributed by atoms with Gasteiger partial charge in [0.2, 0.25) is 0 Å². The van der Waals surface area contributed by atoms with Crippen molar-refractivity contribution >= 4 is 5.91 Å². The lowest BCUT2D eigenvalue weighted by molar-refractivity contribution is 0.0912. The zero-order chi connectivity index (χ0) is 18.1. The Morgan fingerprint density at radius 3 is 2.88 bits per heavy atom. The highest BCUT2D eigenvalue weighted by Gasteiger charge is 2.31. The molecule has 2 aromatic rings. The van der Waals surface area contributed by atoms with Crippen molar-refractivity contribution in [2.24, 2.45) is 5.92 Å². The molecule has 1 aliphatic rings. The molecule has 3 rings (SSSR count). The first kappa shape index (κ1) is 17.3. The molecule has 1 N–H and O–H groups in total. The van der Waals surface area contributed by atoms with E-state index in [-0.39, 0.29) is 30.2 Å². The predicted octanol–water partition coefficient (Wildman–Crippen LogP) is 3.48. The highest BCUT2D eigenvalue weighted by atomic mass is 19.3. The first-order valence-electron chi connectivity index (χ1n) is 7.94. The molecule has 1 amide bonds. The topological polar surface area (TPSA) is 56.2 Å². The predicted molar refractivity (Wildman–Crippen MR) is 84.1 cm³/mol. The van der Waals surface area contributed by atoms with E-state index in [0.717, 1.165) is 10.9 Å². The van der Waals surface area contributed by atoms with E-state index in [2.05, 4.69) is 10.4 Å². The van der Waals surface area contributed by atoms with Gasteiger partial charge in [0.1, 0.15) is 23.9 Å². The molecule has 134 valence electrons. The second-order valence-electron chi connectivity index (χ2n) is 6.31. The standard InChI is InChI=1S/C17H18F3N3O2/c1-9(2)7-23-15(16(19)20)10(6-21-23)17(24)22-12-8-25-13-5-3-4-11(18)14(12)13/h3-6,9,12,16H,7-8H2,1-2H3,(H,22,24)/t12-/m0/s1. The summed E-state index contributed by atoms with van der Waals surface area (Å²) in [4.78, 5) is 12.5. The van der Waals surface area contributed by atoms with E-state index in [9.17, 15) is 18.0 Å². The third kappa shape index (κ3) is 3.33. The van der Waals surface area contributed by atoms with Gasteiger partial charge in [-0.05, 0) is 18.1 Å². The number of ether oxygens (including phenoxy) is 1. The number of benzene rings is 1. The monoisotopic (exact) mass is 353 g/mol. The SMILES string of the molecule is CC(C)Cn1ncc(C(=O)N[C@H]2COc3cccc(F)c32)c1C(F)F. The van der Waals surface area contributed by atoms with Crippen LogP contribution in [0.3, 0.4) is 0 Å². The molecule has 1 aromatic carbocycles. The van der Waals surface area contributed by atoms with Crippen LogP contribution in [-0.2, 0) is 6.54 Å². The molecule has 25 heavy (non-hydrogen) atoms. The van der Waals surface area contributed by atoms with Crippen LogP contribution in [-0.4, -0.2) is 22.3 Å². The van der Waals surface area contributed by atoms with Crippen LogP contribution in [0.2, 0.25) is 0 Å². The Labute approximate surface area is 142 Å². The van der Waals surface area contributed by atoms with Gasteiger partial charge in [0, 0.05) is 6.54 Å². The maximum absolute atomic E-state index is 14.0. The first-order chi connectivity index (χ1) is 11.9. The number of hydrogen-bond donors (Lipinski definition) is 1. The number of carbonyl (C=O) groups is 1. The average molecular weight is 353 g/mol. The van der Waals surface area contributed by atoms with Gasteiger partial charge in [-0.15, -0.1) is 0 Å². The van der Waals surface area contributed by atoms with Crippen molar-refractivity contribution in [2.75, 3.05) is 6.61 Å². The van der Waals surface area contributed by atoms with Gasteiger partial charge in [-0.1, -0.05) is 19.9 Å². The highest BCUT2D eigenvalue weighted by Crippen LogP contribution is 2.34. The molecule has 2 heterocycles. The van der Waals surface area contributed by atoms with Crippen molar-refractivity contribution in [1.82, 2.24) is 15.1 Å². The fraction of sp³-hybridized carbons (Fsp3) is 0.412.